The van der Waals surface area contributed by atoms with E-state index >= 15 is 0 Å². The first-order valence-corrected chi connectivity index (χ1v) is 7.35. The normalized spacial score (nSPS) is 11.6. The lowest BCUT2D eigenvalue weighted by atomic mass is 10.2. The zero-order chi connectivity index (χ0) is 12.5. The first-order valence-electron chi connectivity index (χ1n) is 4.99. The molecular weight excluding hydrogens is 256 g/mol. The number of thiazole rings is 1. The van der Waals surface area contributed by atoms with Gasteiger partial charge in [-0.3, -0.25) is 0 Å². The Morgan fingerprint density at radius 1 is 1.24 bits per heavy atom. The van der Waals surface area contributed by atoms with Crippen molar-refractivity contribution in [1.82, 2.24) is 9.71 Å². The minimum Gasteiger partial charge on any atom is -0.242 e. The van der Waals surface area contributed by atoms with Gasteiger partial charge in [-0.25, -0.2) is 18.1 Å². The molecule has 90 valence electrons. The van der Waals surface area contributed by atoms with E-state index in [0.29, 0.717) is 0 Å². The second kappa shape index (κ2) is 4.56. The molecule has 0 atom stereocenters. The average Bonchev–Trinajstić information content (AvgIpc) is 2.76. The van der Waals surface area contributed by atoms with E-state index in [2.05, 4.69) is 9.71 Å². The maximum absolute atomic E-state index is 11.5. The first kappa shape index (κ1) is 12.2. The third-order valence-corrected chi connectivity index (χ3v) is 4.55. The summed E-state index contributed by atoms with van der Waals surface area (Å²) < 4.78 is 25.3. The second-order valence-electron chi connectivity index (χ2n) is 3.48. The van der Waals surface area contributed by atoms with Crippen LogP contribution in [0.2, 0.25) is 0 Å². The summed E-state index contributed by atoms with van der Waals surface area (Å²) in [7, 11) is -1.96. The summed E-state index contributed by atoms with van der Waals surface area (Å²) in [5.41, 5.74) is 1.80. The summed E-state index contributed by atoms with van der Waals surface area (Å²) in [6.07, 6.45) is 0. The lowest BCUT2D eigenvalue weighted by molar-refractivity contribution is 0.588. The quantitative estimate of drug-likeness (QED) is 0.926. The molecule has 0 radical (unpaired) electrons. The Morgan fingerprint density at radius 3 is 2.35 bits per heavy atom. The van der Waals surface area contributed by atoms with Crippen LogP contribution in [0.4, 0.5) is 0 Å². The minimum absolute atomic E-state index is 0.260. The highest BCUT2D eigenvalue weighted by Gasteiger charge is 2.11. The molecule has 6 heteroatoms. The Bertz CT molecular complexity index is 615. The van der Waals surface area contributed by atoms with Crippen molar-refractivity contribution in [3.63, 3.8) is 0 Å². The van der Waals surface area contributed by atoms with Crippen LogP contribution >= 0.6 is 11.3 Å². The summed E-state index contributed by atoms with van der Waals surface area (Å²) in [4.78, 5) is 4.61. The number of sulfonamides is 1. The molecule has 0 saturated carbocycles. The molecule has 0 bridgehead atoms. The van der Waals surface area contributed by atoms with Gasteiger partial charge in [-0.05, 0) is 26.1 Å². The highest BCUT2D eigenvalue weighted by molar-refractivity contribution is 7.89. The monoisotopic (exact) mass is 268 g/mol. The zero-order valence-electron chi connectivity index (χ0n) is 9.47. The summed E-state index contributed by atoms with van der Waals surface area (Å²) >= 11 is 1.57. The fourth-order valence-electron chi connectivity index (χ4n) is 1.42. The average molecular weight is 268 g/mol. The van der Waals surface area contributed by atoms with Gasteiger partial charge in [0.15, 0.2) is 0 Å². The van der Waals surface area contributed by atoms with Crippen LogP contribution in [0.5, 0.6) is 0 Å². The fraction of sp³-hybridized carbons (Fsp3) is 0.182. The standard InChI is InChI=1S/C11H12N2O2S2/c1-8-13-11(7-16-8)9-3-5-10(6-4-9)17(14,15)12-2/h3-7,12H,1-2H3. The smallest absolute Gasteiger partial charge is 0.240 e. The lowest BCUT2D eigenvalue weighted by Gasteiger charge is -2.03. The van der Waals surface area contributed by atoms with Gasteiger partial charge < -0.3 is 0 Å². The van der Waals surface area contributed by atoms with Crippen molar-refractivity contribution in [1.29, 1.82) is 0 Å². The van der Waals surface area contributed by atoms with Crippen LogP contribution < -0.4 is 4.72 Å². The molecule has 2 rings (SSSR count). The molecule has 1 N–H and O–H groups in total. The van der Waals surface area contributed by atoms with E-state index < -0.39 is 10.0 Å². The van der Waals surface area contributed by atoms with Crippen LogP contribution in [0.3, 0.4) is 0 Å². The van der Waals surface area contributed by atoms with Crippen LogP contribution in [-0.4, -0.2) is 20.4 Å². The zero-order valence-corrected chi connectivity index (χ0v) is 11.1. The highest BCUT2D eigenvalue weighted by atomic mass is 32.2. The van der Waals surface area contributed by atoms with Crippen molar-refractivity contribution in [2.45, 2.75) is 11.8 Å². The molecule has 0 spiro atoms. The van der Waals surface area contributed by atoms with Crippen molar-refractivity contribution in [3.05, 3.63) is 34.7 Å². The van der Waals surface area contributed by atoms with E-state index in [1.165, 1.54) is 7.05 Å². The SMILES string of the molecule is CNS(=O)(=O)c1ccc(-c2csc(C)n2)cc1. The van der Waals surface area contributed by atoms with Gasteiger partial charge in [0.1, 0.15) is 0 Å². The summed E-state index contributed by atoms with van der Waals surface area (Å²) in [6.45, 7) is 1.94. The predicted molar refractivity (Wildman–Crippen MR) is 68.5 cm³/mol. The van der Waals surface area contributed by atoms with Crippen LogP contribution in [0.15, 0.2) is 34.5 Å². The number of rotatable bonds is 3. The maximum atomic E-state index is 11.5. The van der Waals surface area contributed by atoms with Gasteiger partial charge in [-0.1, -0.05) is 12.1 Å². The number of hydrogen-bond donors (Lipinski definition) is 1. The Kier molecular flexibility index (Phi) is 3.28. The number of benzene rings is 1. The number of aryl methyl sites for hydroxylation is 1. The molecule has 2 aromatic rings. The van der Waals surface area contributed by atoms with E-state index in [1.807, 2.05) is 12.3 Å². The van der Waals surface area contributed by atoms with Gasteiger partial charge >= 0.3 is 0 Å². The number of nitrogens with one attached hydrogen (secondary N) is 1. The molecule has 1 aromatic heterocycles. The third-order valence-electron chi connectivity index (χ3n) is 2.35. The molecule has 17 heavy (non-hydrogen) atoms. The predicted octanol–water partition coefficient (Wildman–Crippen LogP) is 2.03. The minimum atomic E-state index is -3.36. The Hall–Kier alpha value is -1.24. The molecule has 1 aromatic carbocycles. The van der Waals surface area contributed by atoms with Gasteiger partial charge in [-0.2, -0.15) is 0 Å². The Labute approximate surface area is 104 Å². The molecule has 4 nitrogen and oxygen atoms in total. The Balaban J connectivity index is 2.37. The second-order valence-corrected chi connectivity index (χ2v) is 6.43. The molecule has 0 aliphatic heterocycles. The van der Waals surface area contributed by atoms with Crippen LogP contribution in [-0.2, 0) is 10.0 Å². The molecule has 0 aliphatic carbocycles. The topological polar surface area (TPSA) is 59.1 Å². The van der Waals surface area contributed by atoms with Crippen LogP contribution in [0.1, 0.15) is 5.01 Å². The molecule has 0 amide bonds. The van der Waals surface area contributed by atoms with E-state index in [1.54, 1.807) is 35.6 Å². The van der Waals surface area contributed by atoms with E-state index in [4.69, 9.17) is 0 Å². The van der Waals surface area contributed by atoms with Crippen LogP contribution in [0.25, 0.3) is 11.3 Å². The van der Waals surface area contributed by atoms with Crippen molar-refractivity contribution in [3.8, 4) is 11.3 Å². The lowest BCUT2D eigenvalue weighted by Crippen LogP contribution is -2.18. The Morgan fingerprint density at radius 2 is 1.88 bits per heavy atom. The van der Waals surface area contributed by atoms with Crippen LogP contribution in [0, 0.1) is 6.92 Å². The number of nitrogens with zero attached hydrogens (tertiary/aromatic N) is 1. The van der Waals surface area contributed by atoms with Crippen molar-refractivity contribution >= 4 is 21.4 Å². The molecule has 0 aliphatic rings. The van der Waals surface area contributed by atoms with E-state index in [9.17, 15) is 8.42 Å². The van der Waals surface area contributed by atoms with Gasteiger partial charge in [-0.15, -0.1) is 11.3 Å². The molecule has 0 fully saturated rings. The van der Waals surface area contributed by atoms with E-state index in [-0.39, 0.29) is 4.90 Å². The highest BCUT2D eigenvalue weighted by Crippen LogP contribution is 2.22. The van der Waals surface area contributed by atoms with Gasteiger partial charge in [0.2, 0.25) is 10.0 Å². The molecular formula is C11H12N2O2S2. The van der Waals surface area contributed by atoms with Gasteiger partial charge in [0, 0.05) is 10.9 Å². The molecule has 0 saturated heterocycles. The van der Waals surface area contributed by atoms with Gasteiger partial charge in [0.05, 0.1) is 15.6 Å². The van der Waals surface area contributed by atoms with Crippen molar-refractivity contribution < 1.29 is 8.42 Å². The molecule has 1 heterocycles. The van der Waals surface area contributed by atoms with E-state index in [0.717, 1.165) is 16.3 Å². The largest absolute Gasteiger partial charge is 0.242 e. The fourth-order valence-corrected chi connectivity index (χ4v) is 2.77. The van der Waals surface area contributed by atoms with Crippen molar-refractivity contribution in [2.24, 2.45) is 0 Å². The summed E-state index contributed by atoms with van der Waals surface area (Å²) in [6, 6.07) is 6.68. The molecule has 0 unspecified atom stereocenters. The number of hydrogen-bond acceptors (Lipinski definition) is 4. The summed E-state index contributed by atoms with van der Waals surface area (Å²) in [5, 5.41) is 2.95. The maximum Gasteiger partial charge on any atom is 0.240 e. The number of aromatic nitrogens is 1. The van der Waals surface area contributed by atoms with Crippen molar-refractivity contribution in [2.75, 3.05) is 7.05 Å². The van der Waals surface area contributed by atoms with Gasteiger partial charge in [0.25, 0.3) is 0 Å². The third kappa shape index (κ3) is 2.54. The first-order chi connectivity index (χ1) is 8.03. The summed E-state index contributed by atoms with van der Waals surface area (Å²) in [5.74, 6) is 0.